The third-order valence-corrected chi connectivity index (χ3v) is 4.39. The first-order valence-corrected chi connectivity index (χ1v) is 8.31. The van der Waals surface area contributed by atoms with E-state index in [1.54, 1.807) is 6.92 Å². The molecule has 9 heteroatoms. The number of sulfonamides is 1. The number of nitrogens with two attached hydrogens (primary N) is 1. The Morgan fingerprint density at radius 2 is 2.05 bits per heavy atom. The lowest BCUT2D eigenvalue weighted by Crippen LogP contribution is -2.14. The number of ether oxygens (including phenoxy) is 1. The molecule has 0 radical (unpaired) electrons. The summed E-state index contributed by atoms with van der Waals surface area (Å²) >= 11 is 6.24. The maximum Gasteiger partial charge on any atom is 0.339 e. The number of hydrogen-bond donors (Lipinski definition) is 1. The third kappa shape index (κ3) is 4.78. The second-order valence-electron chi connectivity index (χ2n) is 3.57. The highest BCUT2D eigenvalue weighted by Gasteiger charge is 2.18. The van der Waals surface area contributed by atoms with Crippen LogP contribution in [0.4, 0.5) is 0 Å². The molecule has 1 aromatic rings. The van der Waals surface area contributed by atoms with Gasteiger partial charge in [0.25, 0.3) is 0 Å². The number of benzene rings is 1. The summed E-state index contributed by atoms with van der Waals surface area (Å²) in [5, 5.41) is 4.43. The van der Waals surface area contributed by atoms with E-state index in [0.717, 1.165) is 17.8 Å². The molecular weight excluding hydrogens is 326 g/mol. The van der Waals surface area contributed by atoms with Crippen LogP contribution >= 0.6 is 23.4 Å². The molecule has 0 aliphatic carbocycles. The van der Waals surface area contributed by atoms with Gasteiger partial charge in [0.1, 0.15) is 0 Å². The molecule has 0 unspecified atom stereocenters. The van der Waals surface area contributed by atoms with Crippen molar-refractivity contribution in [3.8, 4) is 0 Å². The minimum absolute atomic E-state index is 0.0290. The van der Waals surface area contributed by atoms with Crippen LogP contribution in [0.3, 0.4) is 0 Å². The monoisotopic (exact) mass is 337 g/mol. The van der Waals surface area contributed by atoms with Crippen LogP contribution in [0, 0.1) is 0 Å². The van der Waals surface area contributed by atoms with Crippen molar-refractivity contribution in [2.45, 2.75) is 16.7 Å². The van der Waals surface area contributed by atoms with Crippen LogP contribution < -0.4 is 5.14 Å². The average molecular weight is 338 g/mol. The molecule has 0 spiro atoms. The van der Waals surface area contributed by atoms with Gasteiger partial charge in [-0.1, -0.05) is 0 Å². The zero-order valence-corrected chi connectivity index (χ0v) is 12.8. The van der Waals surface area contributed by atoms with E-state index in [0.29, 0.717) is 4.90 Å². The summed E-state index contributed by atoms with van der Waals surface area (Å²) < 4.78 is 27.4. The van der Waals surface area contributed by atoms with Gasteiger partial charge in [-0.2, -0.15) is 0 Å². The Balaban J connectivity index is 3.23. The standard InChI is InChI=1S/C11H12ClNO5S2/c1-2-18-11(15)8-5-7(20(13,16)17)3-4-9(8)19-6-10(12)14/h3-5H,2,6H2,1H3,(H2,13,16,17). The average Bonchev–Trinajstić information content (AvgIpc) is 2.35. The van der Waals surface area contributed by atoms with Gasteiger partial charge in [0.15, 0.2) is 0 Å². The van der Waals surface area contributed by atoms with E-state index in [4.69, 9.17) is 21.5 Å². The fraction of sp³-hybridized carbons (Fsp3) is 0.273. The van der Waals surface area contributed by atoms with Crippen LogP contribution in [0.1, 0.15) is 17.3 Å². The summed E-state index contributed by atoms with van der Waals surface area (Å²) in [4.78, 5) is 22.7. The van der Waals surface area contributed by atoms with Crippen molar-refractivity contribution in [3.63, 3.8) is 0 Å². The first-order valence-electron chi connectivity index (χ1n) is 5.40. The summed E-state index contributed by atoms with van der Waals surface area (Å²) in [7, 11) is -3.93. The van der Waals surface area contributed by atoms with Crippen molar-refractivity contribution in [3.05, 3.63) is 23.8 Å². The fourth-order valence-electron chi connectivity index (χ4n) is 1.31. The largest absolute Gasteiger partial charge is 0.462 e. The van der Waals surface area contributed by atoms with Gasteiger partial charge < -0.3 is 4.74 Å². The Morgan fingerprint density at radius 1 is 1.40 bits per heavy atom. The normalized spacial score (nSPS) is 11.2. The summed E-state index contributed by atoms with van der Waals surface area (Å²) in [6.07, 6.45) is 0. The number of rotatable bonds is 6. The smallest absolute Gasteiger partial charge is 0.339 e. The Bertz CT molecular complexity index is 630. The third-order valence-electron chi connectivity index (χ3n) is 2.12. The van der Waals surface area contributed by atoms with Crippen molar-refractivity contribution in [2.24, 2.45) is 5.14 Å². The number of thioether (sulfide) groups is 1. The molecule has 0 saturated carbocycles. The lowest BCUT2D eigenvalue weighted by Gasteiger charge is -2.09. The Kier molecular flexibility index (Phi) is 6.00. The lowest BCUT2D eigenvalue weighted by molar-refractivity contribution is -0.109. The maximum atomic E-state index is 11.8. The molecule has 2 N–H and O–H groups in total. The molecule has 0 saturated heterocycles. The minimum Gasteiger partial charge on any atom is -0.462 e. The lowest BCUT2D eigenvalue weighted by atomic mass is 10.2. The van der Waals surface area contributed by atoms with Crippen molar-refractivity contribution in [1.82, 2.24) is 0 Å². The summed E-state index contributed by atoms with van der Waals surface area (Å²) in [6.45, 7) is 1.76. The minimum atomic E-state index is -3.93. The highest BCUT2D eigenvalue weighted by molar-refractivity contribution is 8.00. The van der Waals surface area contributed by atoms with Crippen LogP contribution in [-0.2, 0) is 19.6 Å². The molecule has 0 fully saturated rings. The predicted octanol–water partition coefficient (Wildman–Crippen LogP) is 1.37. The van der Waals surface area contributed by atoms with Gasteiger partial charge in [-0.15, -0.1) is 11.8 Å². The number of carbonyl (C=O) groups excluding carboxylic acids is 2. The summed E-state index contributed by atoms with van der Waals surface area (Å²) in [5.41, 5.74) is 0.0290. The topological polar surface area (TPSA) is 104 Å². The van der Waals surface area contributed by atoms with Crippen molar-refractivity contribution >= 4 is 44.6 Å². The molecule has 0 heterocycles. The molecule has 0 aliphatic rings. The van der Waals surface area contributed by atoms with E-state index in [2.05, 4.69) is 0 Å². The zero-order chi connectivity index (χ0) is 15.3. The Morgan fingerprint density at radius 3 is 2.55 bits per heavy atom. The molecular formula is C11H12ClNO5S2. The van der Waals surface area contributed by atoms with Crippen molar-refractivity contribution in [2.75, 3.05) is 12.4 Å². The van der Waals surface area contributed by atoms with Gasteiger partial charge in [-0.05, 0) is 36.7 Å². The van der Waals surface area contributed by atoms with Crippen LogP contribution in [0.2, 0.25) is 0 Å². The van der Waals surface area contributed by atoms with Crippen molar-refractivity contribution < 1.29 is 22.7 Å². The van der Waals surface area contributed by atoms with Gasteiger partial charge in [0.05, 0.1) is 22.8 Å². The van der Waals surface area contributed by atoms with E-state index < -0.39 is 21.2 Å². The number of halogens is 1. The van der Waals surface area contributed by atoms with E-state index in [9.17, 15) is 18.0 Å². The molecule has 0 amide bonds. The Labute approximate surface area is 125 Å². The van der Waals surface area contributed by atoms with Gasteiger partial charge in [0, 0.05) is 4.90 Å². The molecule has 0 aromatic heterocycles. The van der Waals surface area contributed by atoms with E-state index in [1.807, 2.05) is 0 Å². The number of primary sulfonamides is 1. The van der Waals surface area contributed by atoms with Gasteiger partial charge in [-0.3, -0.25) is 4.79 Å². The van der Waals surface area contributed by atoms with Crippen LogP contribution in [0.15, 0.2) is 28.0 Å². The fourth-order valence-corrected chi connectivity index (χ4v) is 2.75. The van der Waals surface area contributed by atoms with E-state index in [-0.39, 0.29) is 22.8 Å². The van der Waals surface area contributed by atoms with Crippen molar-refractivity contribution in [1.29, 1.82) is 0 Å². The summed E-state index contributed by atoms with van der Waals surface area (Å²) in [6, 6.07) is 3.75. The molecule has 1 aromatic carbocycles. The number of carbonyl (C=O) groups is 2. The van der Waals surface area contributed by atoms with Crippen LogP contribution in [0.5, 0.6) is 0 Å². The van der Waals surface area contributed by atoms with Gasteiger partial charge in [-0.25, -0.2) is 18.4 Å². The molecule has 6 nitrogen and oxygen atoms in total. The van der Waals surface area contributed by atoms with Crippen LogP contribution in [-0.4, -0.2) is 32.0 Å². The summed E-state index contributed by atoms with van der Waals surface area (Å²) in [5.74, 6) is -0.745. The molecule has 1 rings (SSSR count). The molecule has 110 valence electrons. The number of hydrogen-bond acceptors (Lipinski definition) is 6. The Hall–Kier alpha value is -1.09. The first-order chi connectivity index (χ1) is 9.25. The highest BCUT2D eigenvalue weighted by Crippen LogP contribution is 2.26. The predicted molar refractivity (Wildman–Crippen MR) is 75.4 cm³/mol. The second kappa shape index (κ2) is 7.07. The highest BCUT2D eigenvalue weighted by atomic mass is 35.5. The van der Waals surface area contributed by atoms with E-state index in [1.165, 1.54) is 12.1 Å². The maximum absolute atomic E-state index is 11.8. The van der Waals surface area contributed by atoms with Crippen LogP contribution in [0.25, 0.3) is 0 Å². The SMILES string of the molecule is CCOC(=O)c1cc(S(N)(=O)=O)ccc1SCC(=O)Cl. The molecule has 20 heavy (non-hydrogen) atoms. The number of esters is 1. The molecule has 0 atom stereocenters. The molecule has 0 bridgehead atoms. The molecule has 0 aliphatic heterocycles. The first kappa shape index (κ1) is 17.0. The quantitative estimate of drug-likeness (QED) is 0.477. The van der Waals surface area contributed by atoms with Gasteiger partial charge >= 0.3 is 5.97 Å². The zero-order valence-electron chi connectivity index (χ0n) is 10.5. The van der Waals surface area contributed by atoms with Gasteiger partial charge in [0.2, 0.25) is 15.3 Å². The second-order valence-corrected chi connectivity index (χ2v) is 6.57. The van der Waals surface area contributed by atoms with E-state index >= 15 is 0 Å².